The Kier molecular flexibility index (Phi) is 7.48. The second kappa shape index (κ2) is 10.3. The maximum atomic E-state index is 14.4. The number of hydrogen-bond donors (Lipinski definition) is 1. The van der Waals surface area contributed by atoms with Gasteiger partial charge in [-0.25, -0.2) is 0 Å². The number of methoxy groups -OCH3 is 1. The van der Waals surface area contributed by atoms with Crippen LogP contribution in [-0.4, -0.2) is 77.9 Å². The van der Waals surface area contributed by atoms with Gasteiger partial charge in [0.1, 0.15) is 29.9 Å². The Morgan fingerprint density at radius 3 is 2.54 bits per heavy atom. The van der Waals surface area contributed by atoms with E-state index in [1.54, 1.807) is 49.3 Å². The molecule has 3 saturated heterocycles. The summed E-state index contributed by atoms with van der Waals surface area (Å²) in [7, 11) is 1.56. The molecule has 1 spiro atoms. The van der Waals surface area contributed by atoms with Crippen LogP contribution in [0.15, 0.2) is 49.6 Å². The van der Waals surface area contributed by atoms with Crippen molar-refractivity contribution in [1.29, 1.82) is 0 Å². The largest absolute Gasteiger partial charge is 0.497 e. The molecule has 9 nitrogen and oxygen atoms in total. The van der Waals surface area contributed by atoms with Crippen molar-refractivity contribution in [2.75, 3.05) is 31.8 Å². The van der Waals surface area contributed by atoms with E-state index in [9.17, 15) is 19.5 Å². The number of esters is 1. The monoisotopic (exact) mass is 512 g/mol. The Hall–Kier alpha value is -3.17. The van der Waals surface area contributed by atoms with Gasteiger partial charge in [-0.05, 0) is 50.5 Å². The molecule has 9 heteroatoms. The third kappa shape index (κ3) is 4.05. The van der Waals surface area contributed by atoms with E-state index in [1.165, 1.54) is 11.0 Å². The van der Waals surface area contributed by atoms with Crippen LogP contribution < -0.4 is 9.64 Å². The Bertz CT molecular complexity index is 1070. The van der Waals surface area contributed by atoms with Crippen LogP contribution in [0.2, 0.25) is 0 Å². The maximum absolute atomic E-state index is 14.4. The molecule has 2 unspecified atom stereocenters. The minimum atomic E-state index is -1.21. The standard InChI is InChI=1S/C28H36N2O7/c1-6-15-29(19-9-11-20(35-5)12-10-19)25(33)23-28-14-13-27(8-3,37-28)22(26(34)36-16-7-2)21(28)24(32)30(23)18(4)17-31/h6-7,9-12,18,21-23,31H,1-2,8,13-17H2,3-5H3/t18-,21+,22+,23?,27-,28?/m1/s1. The second-order valence-electron chi connectivity index (χ2n) is 9.96. The minimum absolute atomic E-state index is 0.0206. The van der Waals surface area contributed by atoms with Crippen LogP contribution in [0.25, 0.3) is 0 Å². The number of aliphatic hydroxyl groups excluding tert-OH is 1. The van der Waals surface area contributed by atoms with Gasteiger partial charge in [-0.3, -0.25) is 14.4 Å². The molecular weight excluding hydrogens is 476 g/mol. The quantitative estimate of drug-likeness (QED) is 0.359. The molecular formula is C28H36N2O7. The molecule has 200 valence electrons. The van der Waals surface area contributed by atoms with Crippen molar-refractivity contribution < 1.29 is 33.7 Å². The van der Waals surface area contributed by atoms with E-state index in [0.29, 0.717) is 30.7 Å². The van der Waals surface area contributed by atoms with Gasteiger partial charge in [-0.15, -0.1) is 6.58 Å². The summed E-state index contributed by atoms with van der Waals surface area (Å²) in [4.78, 5) is 44.7. The molecule has 4 rings (SSSR count). The molecule has 0 aliphatic carbocycles. The summed E-state index contributed by atoms with van der Waals surface area (Å²) >= 11 is 0. The van der Waals surface area contributed by atoms with Crippen LogP contribution in [0, 0.1) is 11.8 Å². The predicted octanol–water partition coefficient (Wildman–Crippen LogP) is 2.48. The fourth-order valence-corrected chi connectivity index (χ4v) is 6.45. The summed E-state index contributed by atoms with van der Waals surface area (Å²) < 4.78 is 17.4. The normalized spacial score (nSPS) is 30.5. The highest BCUT2D eigenvalue weighted by Gasteiger charge is 2.79. The molecule has 1 N–H and O–H groups in total. The number of fused-ring (bicyclic) bond motifs is 1. The lowest BCUT2D eigenvalue weighted by Crippen LogP contribution is -2.58. The lowest BCUT2D eigenvalue weighted by atomic mass is 9.65. The van der Waals surface area contributed by atoms with Gasteiger partial charge >= 0.3 is 5.97 Å². The Morgan fingerprint density at radius 2 is 1.97 bits per heavy atom. The summed E-state index contributed by atoms with van der Waals surface area (Å²) in [6.07, 6.45) is 4.56. The molecule has 2 amide bonds. The molecule has 3 aliphatic rings. The second-order valence-corrected chi connectivity index (χ2v) is 9.96. The minimum Gasteiger partial charge on any atom is -0.497 e. The van der Waals surface area contributed by atoms with Gasteiger partial charge in [0, 0.05) is 12.2 Å². The van der Waals surface area contributed by atoms with Crippen LogP contribution in [0.1, 0.15) is 33.1 Å². The van der Waals surface area contributed by atoms with Gasteiger partial charge < -0.3 is 29.1 Å². The van der Waals surface area contributed by atoms with Crippen molar-refractivity contribution in [2.24, 2.45) is 11.8 Å². The first kappa shape index (κ1) is 26.9. The van der Waals surface area contributed by atoms with Crippen molar-refractivity contribution in [2.45, 2.75) is 56.4 Å². The van der Waals surface area contributed by atoms with Crippen LogP contribution in [-0.2, 0) is 23.9 Å². The number of rotatable bonds is 11. The summed E-state index contributed by atoms with van der Waals surface area (Å²) in [5, 5.41) is 10.1. The maximum Gasteiger partial charge on any atom is 0.313 e. The van der Waals surface area contributed by atoms with Gasteiger partial charge in [0.25, 0.3) is 5.91 Å². The summed E-state index contributed by atoms with van der Waals surface area (Å²) in [5.74, 6) is -2.34. The number of aliphatic hydroxyl groups is 1. The number of nitrogens with zero attached hydrogens (tertiary/aromatic N) is 2. The number of likely N-dealkylation sites (tertiary alicyclic amines) is 1. The first-order valence-corrected chi connectivity index (χ1v) is 12.7. The number of benzene rings is 1. The number of carbonyl (C=O) groups excluding carboxylic acids is 3. The zero-order chi connectivity index (χ0) is 27.0. The molecule has 6 atom stereocenters. The van der Waals surface area contributed by atoms with Crippen molar-refractivity contribution >= 4 is 23.5 Å². The molecule has 37 heavy (non-hydrogen) atoms. The number of carbonyl (C=O) groups is 3. The summed E-state index contributed by atoms with van der Waals surface area (Å²) in [6.45, 7) is 10.9. The molecule has 0 radical (unpaired) electrons. The zero-order valence-corrected chi connectivity index (χ0v) is 21.7. The smallest absolute Gasteiger partial charge is 0.313 e. The first-order valence-electron chi connectivity index (χ1n) is 12.7. The topological polar surface area (TPSA) is 106 Å². The molecule has 2 bridgehead atoms. The zero-order valence-electron chi connectivity index (χ0n) is 21.7. The molecule has 3 heterocycles. The van der Waals surface area contributed by atoms with E-state index in [0.717, 1.165) is 0 Å². The highest BCUT2D eigenvalue weighted by Crippen LogP contribution is 2.64. The van der Waals surface area contributed by atoms with Crippen molar-refractivity contribution in [1.82, 2.24) is 4.90 Å². The molecule has 0 aromatic heterocycles. The van der Waals surface area contributed by atoms with Gasteiger partial charge in [-0.1, -0.05) is 25.7 Å². The molecule has 3 aliphatic heterocycles. The van der Waals surface area contributed by atoms with E-state index in [1.807, 2.05) is 6.92 Å². The Balaban J connectivity index is 1.81. The highest BCUT2D eigenvalue weighted by atomic mass is 16.6. The molecule has 1 aromatic rings. The van der Waals surface area contributed by atoms with Crippen LogP contribution in [0.5, 0.6) is 5.75 Å². The lowest BCUT2D eigenvalue weighted by molar-refractivity contribution is -0.161. The Labute approximate surface area is 217 Å². The predicted molar refractivity (Wildman–Crippen MR) is 137 cm³/mol. The van der Waals surface area contributed by atoms with Gasteiger partial charge in [0.05, 0.1) is 31.3 Å². The van der Waals surface area contributed by atoms with E-state index < -0.39 is 41.1 Å². The number of ether oxygens (including phenoxy) is 3. The summed E-state index contributed by atoms with van der Waals surface area (Å²) in [5.41, 5.74) is -1.50. The van der Waals surface area contributed by atoms with Crippen LogP contribution in [0.3, 0.4) is 0 Å². The number of amides is 2. The fraction of sp³-hybridized carbons (Fsp3) is 0.536. The first-order chi connectivity index (χ1) is 17.7. The van der Waals surface area contributed by atoms with Crippen LogP contribution >= 0.6 is 0 Å². The highest BCUT2D eigenvalue weighted by molar-refractivity contribution is 6.05. The average Bonchev–Trinajstić information content (AvgIpc) is 3.53. The van der Waals surface area contributed by atoms with E-state index in [-0.39, 0.29) is 31.6 Å². The van der Waals surface area contributed by atoms with Crippen molar-refractivity contribution in [3.8, 4) is 5.75 Å². The third-order valence-corrected chi connectivity index (χ3v) is 8.15. The van der Waals surface area contributed by atoms with E-state index in [4.69, 9.17) is 14.2 Å². The number of anilines is 1. The van der Waals surface area contributed by atoms with E-state index >= 15 is 0 Å². The molecule has 1 aromatic carbocycles. The third-order valence-electron chi connectivity index (χ3n) is 8.15. The van der Waals surface area contributed by atoms with Crippen molar-refractivity contribution in [3.63, 3.8) is 0 Å². The molecule has 0 saturated carbocycles. The fourth-order valence-electron chi connectivity index (χ4n) is 6.45. The van der Waals surface area contributed by atoms with Crippen LogP contribution in [0.4, 0.5) is 5.69 Å². The summed E-state index contributed by atoms with van der Waals surface area (Å²) in [6, 6.07) is 5.35. The lowest BCUT2D eigenvalue weighted by Gasteiger charge is -2.38. The Morgan fingerprint density at radius 1 is 1.27 bits per heavy atom. The number of hydrogen-bond acceptors (Lipinski definition) is 7. The van der Waals surface area contributed by atoms with Gasteiger partial charge in [0.2, 0.25) is 5.91 Å². The molecule has 3 fully saturated rings. The van der Waals surface area contributed by atoms with Crippen molar-refractivity contribution in [3.05, 3.63) is 49.6 Å². The van der Waals surface area contributed by atoms with Gasteiger partial charge in [-0.2, -0.15) is 0 Å². The average molecular weight is 513 g/mol. The SMILES string of the molecule is C=CCOC(=O)[C@@H]1[C@H]2C(=O)N([C@H](C)CO)C(C(=O)N(CC=C)c3ccc(OC)cc3)C23CC[C@@]1(CC)O3. The van der Waals surface area contributed by atoms with Gasteiger partial charge in [0.15, 0.2) is 0 Å². The van der Waals surface area contributed by atoms with E-state index in [2.05, 4.69) is 13.2 Å².